The zero-order valence-corrected chi connectivity index (χ0v) is 12.9. The summed E-state index contributed by atoms with van der Waals surface area (Å²) in [7, 11) is 0. The standard InChI is InChI=1S/C18H18OS/c1-11-7-8-16(20-3)15(9-11)14-6-4-5-13-10-12(2)18(19)17(13)14/h4-9,12H,10H2,1-3H3. The van der Waals surface area contributed by atoms with Crippen molar-refractivity contribution in [3.05, 3.63) is 53.1 Å². The minimum absolute atomic E-state index is 0.119. The Morgan fingerprint density at radius 3 is 2.70 bits per heavy atom. The lowest BCUT2D eigenvalue weighted by Gasteiger charge is -2.12. The third-order valence-electron chi connectivity index (χ3n) is 4.02. The van der Waals surface area contributed by atoms with Crippen LogP contribution in [0.5, 0.6) is 0 Å². The topological polar surface area (TPSA) is 17.1 Å². The molecule has 102 valence electrons. The number of thioether (sulfide) groups is 1. The number of benzene rings is 2. The highest BCUT2D eigenvalue weighted by atomic mass is 32.2. The molecule has 2 aromatic rings. The smallest absolute Gasteiger partial charge is 0.166 e. The summed E-state index contributed by atoms with van der Waals surface area (Å²) in [6, 6.07) is 12.7. The van der Waals surface area contributed by atoms with Crippen LogP contribution in [-0.4, -0.2) is 12.0 Å². The van der Waals surface area contributed by atoms with Gasteiger partial charge in [-0.3, -0.25) is 4.79 Å². The highest BCUT2D eigenvalue weighted by Gasteiger charge is 2.29. The van der Waals surface area contributed by atoms with Gasteiger partial charge in [0.1, 0.15) is 0 Å². The van der Waals surface area contributed by atoms with E-state index in [2.05, 4.69) is 49.6 Å². The van der Waals surface area contributed by atoms with E-state index in [1.165, 1.54) is 21.6 Å². The van der Waals surface area contributed by atoms with Gasteiger partial charge in [0.25, 0.3) is 0 Å². The molecule has 1 aliphatic carbocycles. The number of fused-ring (bicyclic) bond motifs is 1. The number of ketones is 1. The van der Waals surface area contributed by atoms with Crippen LogP contribution in [0.4, 0.5) is 0 Å². The summed E-state index contributed by atoms with van der Waals surface area (Å²) in [5.41, 5.74) is 5.67. The van der Waals surface area contributed by atoms with Crippen LogP contribution >= 0.6 is 11.8 Å². The first-order valence-corrected chi connectivity index (χ1v) is 8.15. The van der Waals surface area contributed by atoms with Gasteiger partial charge in [-0.05, 0) is 42.4 Å². The van der Waals surface area contributed by atoms with Crippen molar-refractivity contribution in [2.45, 2.75) is 25.2 Å². The Bertz CT molecular complexity index is 688. The van der Waals surface area contributed by atoms with E-state index < -0.39 is 0 Å². The first-order chi connectivity index (χ1) is 9.61. The van der Waals surface area contributed by atoms with Crippen LogP contribution in [0.25, 0.3) is 11.1 Å². The molecular weight excluding hydrogens is 264 g/mol. The number of aryl methyl sites for hydroxylation is 1. The van der Waals surface area contributed by atoms with E-state index in [1.807, 2.05) is 6.92 Å². The number of Topliss-reactive ketones (excluding diaryl/α,β-unsaturated/α-hetero) is 1. The van der Waals surface area contributed by atoms with Gasteiger partial charge in [0.2, 0.25) is 0 Å². The highest BCUT2D eigenvalue weighted by Crippen LogP contribution is 2.38. The summed E-state index contributed by atoms with van der Waals surface area (Å²) >= 11 is 1.74. The van der Waals surface area contributed by atoms with Crippen LogP contribution in [0, 0.1) is 12.8 Å². The van der Waals surface area contributed by atoms with Crippen LogP contribution in [-0.2, 0) is 6.42 Å². The molecule has 1 aliphatic rings. The average molecular weight is 282 g/mol. The van der Waals surface area contributed by atoms with Gasteiger partial charge in [0.05, 0.1) is 0 Å². The molecule has 0 saturated heterocycles. The molecule has 1 unspecified atom stereocenters. The molecule has 0 fully saturated rings. The minimum atomic E-state index is 0.119. The first kappa shape index (κ1) is 13.4. The molecule has 3 rings (SSSR count). The Morgan fingerprint density at radius 1 is 1.15 bits per heavy atom. The fraction of sp³-hybridized carbons (Fsp3) is 0.278. The van der Waals surface area contributed by atoms with Gasteiger partial charge in [0.15, 0.2) is 5.78 Å². The van der Waals surface area contributed by atoms with Crippen LogP contribution < -0.4 is 0 Å². The van der Waals surface area contributed by atoms with Crippen molar-refractivity contribution in [2.24, 2.45) is 5.92 Å². The van der Waals surface area contributed by atoms with Crippen molar-refractivity contribution in [3.8, 4) is 11.1 Å². The predicted octanol–water partition coefficient (Wildman–Crippen LogP) is 4.76. The molecule has 2 heteroatoms. The lowest BCUT2D eigenvalue weighted by atomic mass is 9.95. The quantitative estimate of drug-likeness (QED) is 0.739. The zero-order chi connectivity index (χ0) is 14.3. The van der Waals surface area contributed by atoms with Gasteiger partial charge < -0.3 is 0 Å². The molecule has 0 bridgehead atoms. The molecule has 0 aromatic heterocycles. The van der Waals surface area contributed by atoms with E-state index in [4.69, 9.17) is 0 Å². The Balaban J connectivity index is 2.25. The summed E-state index contributed by atoms with van der Waals surface area (Å²) in [5, 5.41) is 0. The van der Waals surface area contributed by atoms with E-state index >= 15 is 0 Å². The Labute approximate surface area is 124 Å². The average Bonchev–Trinajstić information content (AvgIpc) is 2.74. The molecule has 1 atom stereocenters. The second-order valence-corrected chi connectivity index (χ2v) is 6.36. The van der Waals surface area contributed by atoms with Gasteiger partial charge >= 0.3 is 0 Å². The van der Waals surface area contributed by atoms with E-state index in [1.54, 1.807) is 11.8 Å². The Morgan fingerprint density at radius 2 is 1.95 bits per heavy atom. The molecule has 0 heterocycles. The first-order valence-electron chi connectivity index (χ1n) is 6.93. The summed E-state index contributed by atoms with van der Waals surface area (Å²) in [5.74, 6) is 0.415. The largest absolute Gasteiger partial charge is 0.294 e. The maximum absolute atomic E-state index is 12.5. The molecule has 2 aromatic carbocycles. The molecule has 0 radical (unpaired) electrons. The molecule has 1 nitrogen and oxygen atoms in total. The predicted molar refractivity (Wildman–Crippen MR) is 85.6 cm³/mol. The van der Waals surface area contributed by atoms with Crippen molar-refractivity contribution >= 4 is 17.5 Å². The third-order valence-corrected chi connectivity index (χ3v) is 4.81. The van der Waals surface area contributed by atoms with Gasteiger partial charge in [-0.2, -0.15) is 0 Å². The van der Waals surface area contributed by atoms with Crippen molar-refractivity contribution in [3.63, 3.8) is 0 Å². The maximum atomic E-state index is 12.5. The molecule has 0 amide bonds. The van der Waals surface area contributed by atoms with Gasteiger partial charge in [-0.25, -0.2) is 0 Å². The summed E-state index contributed by atoms with van der Waals surface area (Å²) in [4.78, 5) is 13.7. The molecule has 20 heavy (non-hydrogen) atoms. The van der Waals surface area contributed by atoms with Gasteiger partial charge in [-0.1, -0.05) is 42.8 Å². The third kappa shape index (κ3) is 2.08. The van der Waals surface area contributed by atoms with E-state index in [-0.39, 0.29) is 5.92 Å². The Kier molecular flexibility index (Phi) is 3.43. The SMILES string of the molecule is CSc1ccc(C)cc1-c1cccc2c1C(=O)C(C)C2. The number of carbonyl (C=O) groups excluding carboxylic acids is 1. The molecule has 0 saturated carbocycles. The number of hydrogen-bond donors (Lipinski definition) is 0. The lowest BCUT2D eigenvalue weighted by molar-refractivity contribution is 0.0947. The molecule has 0 N–H and O–H groups in total. The fourth-order valence-electron chi connectivity index (χ4n) is 2.99. The van der Waals surface area contributed by atoms with Gasteiger partial charge in [-0.15, -0.1) is 11.8 Å². The van der Waals surface area contributed by atoms with Crippen LogP contribution in [0.15, 0.2) is 41.3 Å². The van der Waals surface area contributed by atoms with Crippen molar-refractivity contribution in [1.29, 1.82) is 0 Å². The number of carbonyl (C=O) groups is 1. The van der Waals surface area contributed by atoms with Gasteiger partial charge in [0, 0.05) is 16.4 Å². The van der Waals surface area contributed by atoms with Crippen molar-refractivity contribution in [2.75, 3.05) is 6.26 Å². The summed E-state index contributed by atoms with van der Waals surface area (Å²) in [6.45, 7) is 4.12. The monoisotopic (exact) mass is 282 g/mol. The van der Waals surface area contributed by atoms with E-state index in [9.17, 15) is 4.79 Å². The summed E-state index contributed by atoms with van der Waals surface area (Å²) in [6.07, 6.45) is 2.96. The molecule has 0 spiro atoms. The zero-order valence-electron chi connectivity index (χ0n) is 12.1. The van der Waals surface area contributed by atoms with Crippen LogP contribution in [0.2, 0.25) is 0 Å². The second-order valence-electron chi connectivity index (χ2n) is 5.51. The normalized spacial score (nSPS) is 17.4. The Hall–Kier alpha value is -1.54. The maximum Gasteiger partial charge on any atom is 0.166 e. The van der Waals surface area contributed by atoms with Crippen LogP contribution in [0.1, 0.15) is 28.4 Å². The van der Waals surface area contributed by atoms with E-state index in [0.717, 1.165) is 17.5 Å². The number of hydrogen-bond acceptors (Lipinski definition) is 2. The summed E-state index contributed by atoms with van der Waals surface area (Å²) < 4.78 is 0. The lowest BCUT2D eigenvalue weighted by Crippen LogP contribution is -2.04. The van der Waals surface area contributed by atoms with Crippen LogP contribution in [0.3, 0.4) is 0 Å². The highest BCUT2D eigenvalue weighted by molar-refractivity contribution is 7.98. The molecule has 0 aliphatic heterocycles. The number of rotatable bonds is 2. The fourth-order valence-corrected chi connectivity index (χ4v) is 3.58. The minimum Gasteiger partial charge on any atom is -0.294 e. The van der Waals surface area contributed by atoms with E-state index in [0.29, 0.717) is 5.78 Å². The second kappa shape index (κ2) is 5.10. The molecular formula is C18H18OS. The van der Waals surface area contributed by atoms with Crippen molar-refractivity contribution < 1.29 is 4.79 Å². The van der Waals surface area contributed by atoms with Crippen molar-refractivity contribution in [1.82, 2.24) is 0 Å².